The average molecular weight is 644 g/mol. The third-order valence-corrected chi connectivity index (χ3v) is 10.2. The average Bonchev–Trinajstić information content (AvgIpc) is 3.18. The summed E-state index contributed by atoms with van der Waals surface area (Å²) in [5, 5.41) is 37.3. The second-order valence-electron chi connectivity index (χ2n) is 15.0. The molecule has 0 aromatic carbocycles. The number of aliphatic hydroxyl groups excluding tert-OH is 2. The molecule has 3 aliphatic heterocycles. The molecule has 3 fully saturated rings. The quantitative estimate of drug-likeness (QED) is 0.329. The van der Waals surface area contributed by atoms with Crippen LogP contribution >= 0.6 is 0 Å². The van der Waals surface area contributed by atoms with Crippen molar-refractivity contribution in [3.05, 3.63) is 0 Å². The molecule has 14 atom stereocenters. The molecule has 2 bridgehead atoms. The number of likely N-dealkylation sites (N-methyl/N-ethyl adjacent to an activating group) is 1. The fourth-order valence-electron chi connectivity index (χ4n) is 7.71. The third kappa shape index (κ3) is 8.13. The van der Waals surface area contributed by atoms with Crippen molar-refractivity contribution in [2.24, 2.45) is 17.8 Å². The molecule has 0 saturated carbocycles. The Hall–Kier alpha value is -1.54. The van der Waals surface area contributed by atoms with Gasteiger partial charge in [-0.1, -0.05) is 20.8 Å². The molecular weight excluding hydrogens is 582 g/mol. The summed E-state index contributed by atoms with van der Waals surface area (Å²) < 4.78 is 25.5. The first kappa shape index (κ1) is 37.9. The molecule has 0 aromatic rings. The van der Waals surface area contributed by atoms with Gasteiger partial charge in [0.15, 0.2) is 6.29 Å². The van der Waals surface area contributed by atoms with Crippen molar-refractivity contribution in [2.45, 2.75) is 161 Å². The van der Waals surface area contributed by atoms with Crippen LogP contribution in [-0.2, 0) is 23.7 Å². The summed E-state index contributed by atoms with van der Waals surface area (Å²) >= 11 is 0. The van der Waals surface area contributed by atoms with E-state index in [1.54, 1.807) is 25.7 Å². The highest BCUT2D eigenvalue weighted by Crippen LogP contribution is 2.46. The number of cyclic esters (lactones) is 1. The number of nitrogens with zero attached hydrogens (tertiary/aromatic N) is 2. The van der Waals surface area contributed by atoms with Crippen LogP contribution in [0.1, 0.15) is 88.5 Å². The van der Waals surface area contributed by atoms with Gasteiger partial charge in [-0.2, -0.15) is 0 Å². The van der Waals surface area contributed by atoms with Crippen LogP contribution in [0.5, 0.6) is 0 Å². The van der Waals surface area contributed by atoms with E-state index in [0.717, 1.165) is 0 Å². The monoisotopic (exact) mass is 643 g/mol. The highest BCUT2D eigenvalue weighted by Gasteiger charge is 2.57. The van der Waals surface area contributed by atoms with Crippen LogP contribution in [0.3, 0.4) is 0 Å². The first-order valence-electron chi connectivity index (χ1n) is 16.8. The van der Waals surface area contributed by atoms with Gasteiger partial charge in [0.25, 0.3) is 0 Å². The number of nitrogens with one attached hydrogen (secondary N) is 1. The van der Waals surface area contributed by atoms with E-state index >= 15 is 0 Å². The van der Waals surface area contributed by atoms with E-state index in [1.807, 2.05) is 60.5 Å². The first-order valence-corrected chi connectivity index (χ1v) is 16.8. The van der Waals surface area contributed by atoms with Crippen molar-refractivity contribution >= 4 is 12.0 Å². The van der Waals surface area contributed by atoms with Gasteiger partial charge in [0.1, 0.15) is 23.9 Å². The van der Waals surface area contributed by atoms with Crippen LogP contribution in [0.25, 0.3) is 0 Å². The van der Waals surface area contributed by atoms with E-state index in [-0.39, 0.29) is 49.0 Å². The molecule has 12 nitrogen and oxygen atoms in total. The maximum absolute atomic E-state index is 13.7. The molecule has 3 aliphatic rings. The topological polar surface area (TPSA) is 150 Å². The molecule has 1 unspecified atom stereocenters. The molecule has 12 heteroatoms. The molecule has 45 heavy (non-hydrogen) atoms. The summed E-state index contributed by atoms with van der Waals surface area (Å²) in [5.41, 5.74) is -2.76. The summed E-state index contributed by atoms with van der Waals surface area (Å²) in [6.45, 7) is 18.5. The summed E-state index contributed by atoms with van der Waals surface area (Å²) in [4.78, 5) is 30.7. The van der Waals surface area contributed by atoms with Crippen LogP contribution in [0.15, 0.2) is 0 Å². The van der Waals surface area contributed by atoms with Gasteiger partial charge >= 0.3 is 12.0 Å². The number of hydrogen-bond acceptors (Lipinski definition) is 10. The van der Waals surface area contributed by atoms with Crippen molar-refractivity contribution in [3.8, 4) is 0 Å². The number of carbonyl (C=O) groups excluding carboxylic acids is 2. The molecule has 4 N–H and O–H groups in total. The first-order chi connectivity index (χ1) is 20.7. The van der Waals surface area contributed by atoms with Crippen LogP contribution in [0, 0.1) is 17.8 Å². The SMILES string of the molecule is CC[C@H]1OC(=O)[C@H](C)C2O[C@@](C)(C[C@@H](C)CN(C(=O)NC(C)C)[C@H](C)[C@@H](O)[C@]1(C)O)[C@H](O[C@@H]1O[C@H](C)C[C@H](N(C)C)[C@H]1O)[C@H]2C. The number of fused-ring (bicyclic) bond motifs is 2. The molecule has 0 spiro atoms. The van der Waals surface area contributed by atoms with Crippen LogP contribution in [0.2, 0.25) is 0 Å². The Morgan fingerprint density at radius 1 is 1.16 bits per heavy atom. The van der Waals surface area contributed by atoms with E-state index in [1.165, 1.54) is 6.92 Å². The van der Waals surface area contributed by atoms with Crippen molar-refractivity contribution in [2.75, 3.05) is 20.6 Å². The fourth-order valence-corrected chi connectivity index (χ4v) is 7.71. The number of ether oxygens (including phenoxy) is 4. The van der Waals surface area contributed by atoms with E-state index < -0.39 is 65.9 Å². The van der Waals surface area contributed by atoms with Crippen molar-refractivity contribution in [1.29, 1.82) is 0 Å². The summed E-state index contributed by atoms with van der Waals surface area (Å²) in [5.74, 6) is -1.73. The van der Waals surface area contributed by atoms with Gasteiger partial charge in [-0.25, -0.2) is 4.79 Å². The van der Waals surface area contributed by atoms with Gasteiger partial charge < -0.3 is 49.4 Å². The lowest BCUT2D eigenvalue weighted by molar-refractivity contribution is -0.283. The second kappa shape index (κ2) is 14.7. The number of aliphatic hydroxyl groups is 3. The van der Waals surface area contributed by atoms with Gasteiger partial charge in [0.05, 0.1) is 35.9 Å². The van der Waals surface area contributed by atoms with Crippen molar-refractivity contribution in [3.63, 3.8) is 0 Å². The maximum Gasteiger partial charge on any atom is 0.317 e. The van der Waals surface area contributed by atoms with E-state index in [0.29, 0.717) is 12.8 Å². The minimum Gasteiger partial charge on any atom is -0.459 e. The molecule has 262 valence electrons. The lowest BCUT2D eigenvalue weighted by Gasteiger charge is -2.45. The van der Waals surface area contributed by atoms with Crippen molar-refractivity contribution < 1.29 is 43.9 Å². The second-order valence-corrected chi connectivity index (χ2v) is 15.0. The zero-order valence-corrected chi connectivity index (χ0v) is 29.5. The molecular formula is C33H61N3O9. The molecule has 0 aromatic heterocycles. The lowest BCUT2D eigenvalue weighted by atomic mass is 9.82. The largest absolute Gasteiger partial charge is 0.459 e. The number of amides is 2. The third-order valence-electron chi connectivity index (χ3n) is 10.2. The highest BCUT2D eigenvalue weighted by atomic mass is 16.7. The van der Waals surface area contributed by atoms with Crippen LogP contribution < -0.4 is 5.32 Å². The van der Waals surface area contributed by atoms with Crippen LogP contribution in [0.4, 0.5) is 4.79 Å². The molecule has 0 radical (unpaired) electrons. The molecule has 0 aliphatic carbocycles. The molecule has 3 rings (SSSR count). The Morgan fingerprint density at radius 3 is 2.33 bits per heavy atom. The molecule has 3 heterocycles. The molecule has 3 saturated heterocycles. The number of rotatable bonds is 5. The van der Waals surface area contributed by atoms with E-state index in [9.17, 15) is 24.9 Å². The Bertz CT molecular complexity index is 1010. The smallest absolute Gasteiger partial charge is 0.317 e. The standard InChI is InChI=1S/C33H61N3O9/c1-13-24-33(10,41)27(38)22(8)36(31(40)34-17(2)3)16-18(4)15-32(9)28(20(6)26(45-32)21(7)29(39)43-24)44-30-25(37)23(35(11)12)14-19(5)42-30/h17-28,30,37-38,41H,13-16H2,1-12H3,(H,34,40)/t18-,19-,20+,21-,22-,23+,24-,25-,26?,27-,28-,30+,32+,33-/m1/s1. The zero-order valence-electron chi connectivity index (χ0n) is 29.5. The predicted octanol–water partition coefficient (Wildman–Crippen LogP) is 2.51. The van der Waals surface area contributed by atoms with Crippen LogP contribution in [-0.4, -0.2) is 130 Å². The van der Waals surface area contributed by atoms with E-state index in [4.69, 9.17) is 18.9 Å². The Labute approximate surface area is 270 Å². The zero-order chi connectivity index (χ0) is 34.2. The fraction of sp³-hybridized carbons (Fsp3) is 0.939. The Balaban J connectivity index is 2.05. The van der Waals surface area contributed by atoms with Gasteiger partial charge in [0.2, 0.25) is 0 Å². The summed E-state index contributed by atoms with van der Waals surface area (Å²) in [7, 11) is 3.85. The Morgan fingerprint density at radius 2 is 1.78 bits per heavy atom. The number of carbonyl (C=O) groups is 2. The van der Waals surface area contributed by atoms with Gasteiger partial charge in [0, 0.05) is 24.5 Å². The number of hydrogen-bond donors (Lipinski definition) is 4. The summed E-state index contributed by atoms with van der Waals surface area (Å²) in [6, 6.07) is -1.50. The lowest BCUT2D eigenvalue weighted by Crippen LogP contribution is -2.62. The van der Waals surface area contributed by atoms with Gasteiger partial charge in [-0.15, -0.1) is 0 Å². The minimum absolute atomic E-state index is 0.139. The van der Waals surface area contributed by atoms with Gasteiger partial charge in [-0.05, 0) is 87.7 Å². The van der Waals surface area contributed by atoms with Gasteiger partial charge in [-0.3, -0.25) is 4.79 Å². The summed E-state index contributed by atoms with van der Waals surface area (Å²) in [6.07, 6.45) is -4.20. The predicted molar refractivity (Wildman–Crippen MR) is 169 cm³/mol. The van der Waals surface area contributed by atoms with E-state index in [2.05, 4.69) is 5.32 Å². The molecule has 2 amide bonds. The minimum atomic E-state index is -1.84. The normalized spacial score (nSPS) is 45.4. The number of urea groups is 1. The highest BCUT2D eigenvalue weighted by molar-refractivity contribution is 5.75. The Kier molecular flexibility index (Phi) is 12.4. The maximum atomic E-state index is 13.7. The van der Waals surface area contributed by atoms with Crippen molar-refractivity contribution in [1.82, 2.24) is 15.1 Å². The number of esters is 1.